The van der Waals surface area contributed by atoms with Gasteiger partial charge in [-0.2, -0.15) is 0 Å². The maximum absolute atomic E-state index is 5.95. The van der Waals surface area contributed by atoms with Crippen LogP contribution in [0.4, 0.5) is 0 Å². The molecule has 0 aliphatic rings. The Morgan fingerprint density at radius 2 is 1.75 bits per heavy atom. The molecule has 0 aliphatic heterocycles. The lowest BCUT2D eigenvalue weighted by atomic mass is 10.1. The van der Waals surface area contributed by atoms with E-state index in [1.807, 2.05) is 55.5 Å². The van der Waals surface area contributed by atoms with Crippen LogP contribution < -0.4 is 15.2 Å². The number of ether oxygens (including phenoxy) is 2. The molecule has 4 heteroatoms. The Labute approximate surface area is 127 Å². The number of halogens is 1. The summed E-state index contributed by atoms with van der Waals surface area (Å²) in [5.41, 5.74) is 6.93. The van der Waals surface area contributed by atoms with Crippen LogP contribution in [-0.4, -0.2) is 13.2 Å². The SMILES string of the molecule is CC(N)c1cc(Br)ccc1OCCOc1ccccc1. The van der Waals surface area contributed by atoms with E-state index in [9.17, 15) is 0 Å². The Balaban J connectivity index is 1.88. The molecule has 106 valence electrons. The molecule has 2 rings (SSSR count). The van der Waals surface area contributed by atoms with E-state index in [0.29, 0.717) is 13.2 Å². The van der Waals surface area contributed by atoms with Gasteiger partial charge in [-0.3, -0.25) is 0 Å². The molecule has 2 N–H and O–H groups in total. The van der Waals surface area contributed by atoms with Gasteiger partial charge < -0.3 is 15.2 Å². The van der Waals surface area contributed by atoms with Gasteiger partial charge in [-0.25, -0.2) is 0 Å². The fraction of sp³-hybridized carbons (Fsp3) is 0.250. The Kier molecular flexibility index (Phi) is 5.44. The molecule has 0 heterocycles. The highest BCUT2D eigenvalue weighted by Gasteiger charge is 2.08. The van der Waals surface area contributed by atoms with Gasteiger partial charge in [-0.1, -0.05) is 34.1 Å². The summed E-state index contributed by atoms with van der Waals surface area (Å²) < 4.78 is 12.3. The topological polar surface area (TPSA) is 44.5 Å². The molecule has 1 unspecified atom stereocenters. The maximum atomic E-state index is 5.95. The van der Waals surface area contributed by atoms with Gasteiger partial charge in [0.05, 0.1) is 0 Å². The Bertz CT molecular complexity index is 543. The van der Waals surface area contributed by atoms with E-state index in [2.05, 4.69) is 15.9 Å². The van der Waals surface area contributed by atoms with Gasteiger partial charge >= 0.3 is 0 Å². The second-order valence-corrected chi connectivity index (χ2v) is 5.40. The van der Waals surface area contributed by atoms with Crippen molar-refractivity contribution in [2.45, 2.75) is 13.0 Å². The molecule has 0 amide bonds. The average Bonchev–Trinajstić information content (AvgIpc) is 2.45. The minimum atomic E-state index is -0.0717. The molecule has 0 saturated carbocycles. The lowest BCUT2D eigenvalue weighted by Crippen LogP contribution is -2.12. The molecule has 1 atom stereocenters. The van der Waals surface area contributed by atoms with Gasteiger partial charge in [-0.15, -0.1) is 0 Å². The molecule has 0 radical (unpaired) electrons. The van der Waals surface area contributed by atoms with Crippen molar-refractivity contribution >= 4 is 15.9 Å². The molecular formula is C16H18BrNO2. The number of benzene rings is 2. The summed E-state index contributed by atoms with van der Waals surface area (Å²) in [5.74, 6) is 1.65. The fourth-order valence-corrected chi connectivity index (χ4v) is 2.21. The zero-order valence-corrected chi connectivity index (χ0v) is 13.0. The second-order valence-electron chi connectivity index (χ2n) is 4.48. The van der Waals surface area contributed by atoms with Crippen LogP contribution in [0.3, 0.4) is 0 Å². The Morgan fingerprint density at radius 3 is 2.45 bits per heavy atom. The summed E-state index contributed by atoms with van der Waals surface area (Å²) in [6.45, 7) is 2.92. The Morgan fingerprint density at radius 1 is 1.05 bits per heavy atom. The summed E-state index contributed by atoms with van der Waals surface area (Å²) in [6, 6.07) is 15.5. The largest absolute Gasteiger partial charge is 0.490 e. The summed E-state index contributed by atoms with van der Waals surface area (Å²) in [4.78, 5) is 0. The normalized spacial score (nSPS) is 11.9. The molecule has 0 spiro atoms. The van der Waals surface area contributed by atoms with Crippen molar-refractivity contribution in [3.8, 4) is 11.5 Å². The van der Waals surface area contributed by atoms with Gasteiger partial charge in [0.15, 0.2) is 0 Å². The number of rotatable bonds is 6. The monoisotopic (exact) mass is 335 g/mol. The van der Waals surface area contributed by atoms with Crippen LogP contribution in [0.15, 0.2) is 53.0 Å². The third-order valence-corrected chi connectivity index (χ3v) is 3.31. The molecule has 0 fully saturated rings. The van der Waals surface area contributed by atoms with Crippen molar-refractivity contribution in [3.63, 3.8) is 0 Å². The number of hydrogen-bond acceptors (Lipinski definition) is 3. The van der Waals surface area contributed by atoms with Crippen LogP contribution >= 0.6 is 15.9 Å². The smallest absolute Gasteiger partial charge is 0.124 e. The van der Waals surface area contributed by atoms with E-state index < -0.39 is 0 Å². The molecular weight excluding hydrogens is 318 g/mol. The van der Waals surface area contributed by atoms with Crippen molar-refractivity contribution in [1.82, 2.24) is 0 Å². The summed E-state index contributed by atoms with van der Waals surface area (Å²) >= 11 is 3.44. The highest BCUT2D eigenvalue weighted by Crippen LogP contribution is 2.27. The summed E-state index contributed by atoms with van der Waals surface area (Å²) in [6.07, 6.45) is 0. The van der Waals surface area contributed by atoms with Crippen LogP contribution in [0.1, 0.15) is 18.5 Å². The predicted octanol–water partition coefficient (Wildman–Crippen LogP) is 3.93. The molecule has 20 heavy (non-hydrogen) atoms. The minimum absolute atomic E-state index is 0.0717. The lowest BCUT2D eigenvalue weighted by molar-refractivity contribution is 0.215. The van der Waals surface area contributed by atoms with Crippen molar-refractivity contribution < 1.29 is 9.47 Å². The molecule has 3 nitrogen and oxygen atoms in total. The zero-order valence-electron chi connectivity index (χ0n) is 11.4. The van der Waals surface area contributed by atoms with Gasteiger partial charge in [0.2, 0.25) is 0 Å². The van der Waals surface area contributed by atoms with Crippen molar-refractivity contribution in [2.24, 2.45) is 5.73 Å². The molecule has 2 aromatic rings. The molecule has 0 saturated heterocycles. The first kappa shape index (κ1) is 14.9. The van der Waals surface area contributed by atoms with Gasteiger partial charge in [0, 0.05) is 16.1 Å². The number of nitrogens with two attached hydrogens (primary N) is 1. The highest BCUT2D eigenvalue weighted by molar-refractivity contribution is 9.10. The fourth-order valence-electron chi connectivity index (χ4n) is 1.83. The standard InChI is InChI=1S/C16H18BrNO2/c1-12(18)15-11-13(17)7-8-16(15)20-10-9-19-14-5-3-2-4-6-14/h2-8,11-12H,9-10,18H2,1H3. The minimum Gasteiger partial charge on any atom is -0.490 e. The first-order valence-corrected chi connectivity index (χ1v) is 7.32. The molecule has 0 bridgehead atoms. The molecule has 0 aromatic heterocycles. The quantitative estimate of drug-likeness (QED) is 0.813. The van der Waals surface area contributed by atoms with E-state index in [1.54, 1.807) is 0 Å². The van der Waals surface area contributed by atoms with Gasteiger partial charge in [0.25, 0.3) is 0 Å². The maximum Gasteiger partial charge on any atom is 0.124 e. The van der Waals surface area contributed by atoms with E-state index in [1.165, 1.54) is 0 Å². The van der Waals surface area contributed by atoms with Gasteiger partial charge in [-0.05, 0) is 37.3 Å². The van der Waals surface area contributed by atoms with Crippen LogP contribution in [0, 0.1) is 0 Å². The zero-order chi connectivity index (χ0) is 14.4. The first-order valence-electron chi connectivity index (χ1n) is 6.52. The van der Waals surface area contributed by atoms with Crippen LogP contribution in [-0.2, 0) is 0 Å². The summed E-state index contributed by atoms with van der Waals surface area (Å²) in [5, 5.41) is 0. The van der Waals surface area contributed by atoms with Crippen LogP contribution in [0.25, 0.3) is 0 Å². The van der Waals surface area contributed by atoms with E-state index in [-0.39, 0.29) is 6.04 Å². The number of para-hydroxylation sites is 1. The third kappa shape index (κ3) is 4.25. The Hall–Kier alpha value is -1.52. The van der Waals surface area contributed by atoms with Crippen molar-refractivity contribution in [3.05, 3.63) is 58.6 Å². The number of hydrogen-bond donors (Lipinski definition) is 1. The van der Waals surface area contributed by atoms with Crippen LogP contribution in [0.5, 0.6) is 11.5 Å². The summed E-state index contributed by atoms with van der Waals surface area (Å²) in [7, 11) is 0. The predicted molar refractivity (Wildman–Crippen MR) is 84.2 cm³/mol. The first-order chi connectivity index (χ1) is 9.66. The van der Waals surface area contributed by atoms with E-state index in [4.69, 9.17) is 15.2 Å². The molecule has 0 aliphatic carbocycles. The van der Waals surface area contributed by atoms with Crippen molar-refractivity contribution in [1.29, 1.82) is 0 Å². The van der Waals surface area contributed by atoms with Gasteiger partial charge in [0.1, 0.15) is 24.7 Å². The van der Waals surface area contributed by atoms with E-state index in [0.717, 1.165) is 21.5 Å². The highest BCUT2D eigenvalue weighted by atomic mass is 79.9. The van der Waals surface area contributed by atoms with E-state index >= 15 is 0 Å². The van der Waals surface area contributed by atoms with Crippen LogP contribution in [0.2, 0.25) is 0 Å². The third-order valence-electron chi connectivity index (χ3n) is 2.82. The van der Waals surface area contributed by atoms with Crippen molar-refractivity contribution in [2.75, 3.05) is 13.2 Å². The average molecular weight is 336 g/mol. The molecule has 2 aromatic carbocycles. The second kappa shape index (κ2) is 7.31. The lowest BCUT2D eigenvalue weighted by Gasteiger charge is -2.14.